The van der Waals surface area contributed by atoms with Crippen LogP contribution < -0.4 is 10.1 Å². The van der Waals surface area contributed by atoms with E-state index in [1.807, 2.05) is 30.3 Å². The number of rotatable bonds is 5. The Kier molecular flexibility index (Phi) is 6.86. The van der Waals surface area contributed by atoms with E-state index < -0.39 is 0 Å². The maximum atomic E-state index is 12.2. The van der Waals surface area contributed by atoms with Crippen molar-refractivity contribution in [3.8, 4) is 23.3 Å². The van der Waals surface area contributed by atoms with Gasteiger partial charge in [-0.15, -0.1) is 0 Å². The summed E-state index contributed by atoms with van der Waals surface area (Å²) in [7, 11) is 3.42. The lowest BCUT2D eigenvalue weighted by atomic mass is 10.1. The molecule has 3 aromatic rings. The lowest BCUT2D eigenvalue weighted by Crippen LogP contribution is -2.23. The third kappa shape index (κ3) is 5.73. The summed E-state index contributed by atoms with van der Waals surface area (Å²) in [6, 6.07) is 23.4. The number of hydrogen-bond donors (Lipinski definition) is 1. The Hall–Kier alpha value is -4.04. The van der Waals surface area contributed by atoms with Gasteiger partial charge in [0.05, 0.1) is 6.54 Å². The molecule has 0 aliphatic heterocycles. The molecule has 0 radical (unpaired) electrons. The molecular weight excluding hydrogens is 376 g/mol. The van der Waals surface area contributed by atoms with Gasteiger partial charge in [0, 0.05) is 30.8 Å². The molecule has 0 fully saturated rings. The predicted octanol–water partition coefficient (Wildman–Crippen LogP) is 3.96. The van der Waals surface area contributed by atoms with E-state index in [1.54, 1.807) is 62.6 Å². The fraction of sp³-hybridized carbons (Fsp3) is 0.120. The summed E-state index contributed by atoms with van der Waals surface area (Å²) < 4.78 is 5.72. The van der Waals surface area contributed by atoms with Gasteiger partial charge in [-0.25, -0.2) is 0 Å². The normalized spacial score (nSPS) is 9.80. The van der Waals surface area contributed by atoms with Crippen molar-refractivity contribution in [2.24, 2.45) is 0 Å². The molecule has 30 heavy (non-hydrogen) atoms. The molecule has 1 N–H and O–H groups in total. The van der Waals surface area contributed by atoms with Crippen molar-refractivity contribution in [1.29, 1.82) is 0 Å². The van der Waals surface area contributed by atoms with Crippen molar-refractivity contribution in [3.63, 3.8) is 0 Å². The summed E-state index contributed by atoms with van der Waals surface area (Å²) in [5.74, 6) is 7.03. The van der Waals surface area contributed by atoms with Gasteiger partial charge in [0.2, 0.25) is 0 Å². The Labute approximate surface area is 176 Å². The number of carbonyl (C=O) groups excluding carboxylic acids is 2. The largest absolute Gasteiger partial charge is 0.457 e. The van der Waals surface area contributed by atoms with Gasteiger partial charge in [-0.3, -0.25) is 9.59 Å². The van der Waals surface area contributed by atoms with Crippen molar-refractivity contribution < 1.29 is 14.3 Å². The Morgan fingerprint density at radius 1 is 0.833 bits per heavy atom. The van der Waals surface area contributed by atoms with Crippen LogP contribution in [0.25, 0.3) is 0 Å². The first-order chi connectivity index (χ1) is 14.5. The average molecular weight is 398 g/mol. The second kappa shape index (κ2) is 9.94. The standard InChI is InChI=1S/C25H22N2O3/c1-27(2)25(29)21-12-10-19(11-13-21)7-6-18-26-24(28)20-14-16-23(17-15-20)30-22-8-4-3-5-9-22/h3-5,8-17H,18H2,1-2H3,(H,26,28). The molecule has 0 unspecified atom stereocenters. The van der Waals surface area contributed by atoms with Crippen molar-refractivity contribution in [3.05, 3.63) is 95.6 Å². The van der Waals surface area contributed by atoms with Gasteiger partial charge in [0.15, 0.2) is 0 Å². The highest BCUT2D eigenvalue weighted by Gasteiger charge is 2.07. The first-order valence-electron chi connectivity index (χ1n) is 9.45. The number of ether oxygens (including phenoxy) is 1. The van der Waals surface area contributed by atoms with E-state index in [-0.39, 0.29) is 18.4 Å². The zero-order chi connectivity index (χ0) is 21.3. The van der Waals surface area contributed by atoms with Gasteiger partial charge < -0.3 is 15.0 Å². The Morgan fingerprint density at radius 3 is 2.07 bits per heavy atom. The maximum Gasteiger partial charge on any atom is 0.253 e. The van der Waals surface area contributed by atoms with Crippen LogP contribution in [0.5, 0.6) is 11.5 Å². The molecule has 3 aromatic carbocycles. The second-order valence-corrected chi connectivity index (χ2v) is 6.70. The Bertz CT molecular complexity index is 1060. The number of para-hydroxylation sites is 1. The van der Waals surface area contributed by atoms with Gasteiger partial charge in [-0.1, -0.05) is 30.0 Å². The van der Waals surface area contributed by atoms with E-state index in [0.717, 1.165) is 11.3 Å². The first kappa shape index (κ1) is 20.7. The van der Waals surface area contributed by atoms with Crippen molar-refractivity contribution in [1.82, 2.24) is 10.2 Å². The summed E-state index contributed by atoms with van der Waals surface area (Å²) in [6.07, 6.45) is 0. The van der Waals surface area contributed by atoms with E-state index in [9.17, 15) is 9.59 Å². The predicted molar refractivity (Wildman–Crippen MR) is 117 cm³/mol. The zero-order valence-electron chi connectivity index (χ0n) is 16.9. The number of nitrogens with one attached hydrogen (secondary N) is 1. The maximum absolute atomic E-state index is 12.2. The highest BCUT2D eigenvalue weighted by molar-refractivity contribution is 5.94. The molecule has 0 aliphatic rings. The fourth-order valence-corrected chi connectivity index (χ4v) is 2.63. The summed E-state index contributed by atoms with van der Waals surface area (Å²) in [5.41, 5.74) is 1.92. The molecule has 0 saturated carbocycles. The lowest BCUT2D eigenvalue weighted by Gasteiger charge is -2.09. The molecule has 0 heterocycles. The molecule has 0 atom stereocenters. The van der Waals surface area contributed by atoms with Gasteiger partial charge in [-0.2, -0.15) is 0 Å². The molecule has 2 amide bonds. The van der Waals surface area contributed by atoms with Crippen LogP contribution in [0.3, 0.4) is 0 Å². The summed E-state index contributed by atoms with van der Waals surface area (Å²) in [4.78, 5) is 25.6. The van der Waals surface area contributed by atoms with Crippen molar-refractivity contribution >= 4 is 11.8 Å². The van der Waals surface area contributed by atoms with Crippen LogP contribution >= 0.6 is 0 Å². The van der Waals surface area contributed by atoms with Crippen LogP contribution in [-0.4, -0.2) is 37.4 Å². The Balaban J connectivity index is 1.51. The topological polar surface area (TPSA) is 58.6 Å². The van der Waals surface area contributed by atoms with Gasteiger partial charge in [-0.05, 0) is 60.7 Å². The summed E-state index contributed by atoms with van der Waals surface area (Å²) >= 11 is 0. The third-order valence-corrected chi connectivity index (χ3v) is 4.20. The molecule has 5 heteroatoms. The zero-order valence-corrected chi connectivity index (χ0v) is 16.9. The first-order valence-corrected chi connectivity index (χ1v) is 9.45. The van der Waals surface area contributed by atoms with Crippen molar-refractivity contribution in [2.75, 3.05) is 20.6 Å². The highest BCUT2D eigenvalue weighted by atomic mass is 16.5. The minimum Gasteiger partial charge on any atom is -0.457 e. The monoisotopic (exact) mass is 398 g/mol. The number of amides is 2. The number of carbonyl (C=O) groups is 2. The smallest absolute Gasteiger partial charge is 0.253 e. The molecule has 0 saturated heterocycles. The number of hydrogen-bond acceptors (Lipinski definition) is 3. The van der Waals surface area contributed by atoms with Crippen LogP contribution in [0.4, 0.5) is 0 Å². The third-order valence-electron chi connectivity index (χ3n) is 4.20. The Morgan fingerprint density at radius 2 is 1.43 bits per heavy atom. The molecule has 0 bridgehead atoms. The molecule has 3 rings (SSSR count). The quantitative estimate of drug-likeness (QED) is 0.662. The van der Waals surface area contributed by atoms with Crippen LogP contribution in [0.2, 0.25) is 0 Å². The van der Waals surface area contributed by atoms with E-state index in [2.05, 4.69) is 17.2 Å². The molecule has 5 nitrogen and oxygen atoms in total. The average Bonchev–Trinajstić information content (AvgIpc) is 2.77. The molecule has 150 valence electrons. The molecular formula is C25H22N2O3. The van der Waals surface area contributed by atoms with Gasteiger partial charge in [0.1, 0.15) is 11.5 Å². The minimum atomic E-state index is -0.206. The second-order valence-electron chi connectivity index (χ2n) is 6.70. The molecule has 0 aromatic heterocycles. The van der Waals surface area contributed by atoms with Gasteiger partial charge in [0.25, 0.3) is 11.8 Å². The van der Waals surface area contributed by atoms with E-state index in [0.29, 0.717) is 16.9 Å². The van der Waals surface area contributed by atoms with Crippen LogP contribution in [0, 0.1) is 11.8 Å². The SMILES string of the molecule is CN(C)C(=O)c1ccc(C#CCNC(=O)c2ccc(Oc3ccccc3)cc2)cc1. The number of benzene rings is 3. The van der Waals surface area contributed by atoms with Crippen molar-refractivity contribution in [2.45, 2.75) is 0 Å². The fourth-order valence-electron chi connectivity index (χ4n) is 2.63. The van der Waals surface area contributed by atoms with Crippen LogP contribution in [0.15, 0.2) is 78.9 Å². The molecule has 0 aliphatic carbocycles. The lowest BCUT2D eigenvalue weighted by molar-refractivity contribution is 0.0827. The van der Waals surface area contributed by atoms with E-state index in [4.69, 9.17) is 4.74 Å². The number of nitrogens with zero attached hydrogens (tertiary/aromatic N) is 1. The summed E-state index contributed by atoms with van der Waals surface area (Å²) in [5, 5.41) is 2.77. The van der Waals surface area contributed by atoms with Crippen LogP contribution in [0.1, 0.15) is 26.3 Å². The minimum absolute atomic E-state index is 0.0537. The highest BCUT2D eigenvalue weighted by Crippen LogP contribution is 2.21. The van der Waals surface area contributed by atoms with Crippen LogP contribution in [-0.2, 0) is 0 Å². The summed E-state index contributed by atoms with van der Waals surface area (Å²) in [6.45, 7) is 0.222. The van der Waals surface area contributed by atoms with E-state index >= 15 is 0 Å². The van der Waals surface area contributed by atoms with Gasteiger partial charge >= 0.3 is 0 Å². The van der Waals surface area contributed by atoms with E-state index in [1.165, 1.54) is 4.90 Å². The molecule has 0 spiro atoms.